The largest absolute Gasteiger partial charge is 0.496 e. The van der Waals surface area contributed by atoms with E-state index < -0.39 is 0 Å². The quantitative estimate of drug-likeness (QED) is 0.762. The van der Waals surface area contributed by atoms with Gasteiger partial charge in [-0.15, -0.1) is 0 Å². The highest BCUT2D eigenvalue weighted by atomic mass is 16.5. The molecule has 1 aromatic heterocycles. The molecule has 0 saturated heterocycles. The van der Waals surface area contributed by atoms with E-state index in [0.717, 1.165) is 0 Å². The highest BCUT2D eigenvalue weighted by Gasteiger charge is 2.12. The molecule has 76 valence electrons. The van der Waals surface area contributed by atoms with Gasteiger partial charge in [0.1, 0.15) is 5.75 Å². The minimum Gasteiger partial charge on any atom is -0.496 e. The summed E-state index contributed by atoms with van der Waals surface area (Å²) in [5, 5.41) is 2.49. The van der Waals surface area contributed by atoms with E-state index in [9.17, 15) is 4.79 Å². The van der Waals surface area contributed by atoms with Gasteiger partial charge in [0.15, 0.2) is 0 Å². The zero-order chi connectivity index (χ0) is 10.6. The third-order valence-corrected chi connectivity index (χ3v) is 1.74. The topological polar surface area (TPSA) is 60.5 Å². The fraction of sp³-hybridized carbons (Fsp3) is 0.333. The average Bonchev–Trinajstić information content (AvgIpc) is 2.27. The van der Waals surface area contributed by atoms with E-state index in [4.69, 9.17) is 9.47 Å². The van der Waals surface area contributed by atoms with Crippen molar-refractivity contribution in [3.8, 4) is 11.6 Å². The van der Waals surface area contributed by atoms with Crippen LogP contribution in [0, 0.1) is 0 Å². The summed E-state index contributed by atoms with van der Waals surface area (Å²) in [5.74, 6) is 0.614. The van der Waals surface area contributed by atoms with Crippen LogP contribution in [0.15, 0.2) is 12.3 Å². The lowest BCUT2D eigenvalue weighted by atomic mass is 10.2. The lowest BCUT2D eigenvalue weighted by molar-refractivity contribution is 0.0959. The van der Waals surface area contributed by atoms with E-state index in [1.54, 1.807) is 13.1 Å². The molecule has 1 rings (SSSR count). The lowest BCUT2D eigenvalue weighted by Gasteiger charge is -2.07. The zero-order valence-corrected chi connectivity index (χ0v) is 8.33. The summed E-state index contributed by atoms with van der Waals surface area (Å²) >= 11 is 0. The summed E-state index contributed by atoms with van der Waals surface area (Å²) < 4.78 is 9.93. The molecule has 1 heterocycles. The summed E-state index contributed by atoms with van der Waals surface area (Å²) in [6.07, 6.45) is 1.41. The summed E-state index contributed by atoms with van der Waals surface area (Å²) in [5.41, 5.74) is 0.385. The fourth-order valence-electron chi connectivity index (χ4n) is 1.00. The van der Waals surface area contributed by atoms with Gasteiger partial charge in [0.05, 0.1) is 19.8 Å². The van der Waals surface area contributed by atoms with Crippen molar-refractivity contribution in [2.45, 2.75) is 0 Å². The van der Waals surface area contributed by atoms with Crippen LogP contribution < -0.4 is 14.8 Å². The number of hydrogen-bond donors (Lipinski definition) is 1. The molecule has 0 fully saturated rings. The predicted molar refractivity (Wildman–Crippen MR) is 50.7 cm³/mol. The molecule has 0 aliphatic heterocycles. The van der Waals surface area contributed by atoms with Crippen molar-refractivity contribution in [3.63, 3.8) is 0 Å². The first-order valence-electron chi connectivity index (χ1n) is 4.03. The second kappa shape index (κ2) is 4.45. The number of rotatable bonds is 3. The number of carbonyl (C=O) groups excluding carboxylic acids is 1. The molecule has 0 unspecified atom stereocenters. The highest BCUT2D eigenvalue weighted by molar-refractivity contribution is 5.96. The minimum atomic E-state index is -0.239. The Morgan fingerprint density at radius 2 is 2.14 bits per heavy atom. The Bertz CT molecular complexity index is 339. The zero-order valence-electron chi connectivity index (χ0n) is 8.33. The maximum absolute atomic E-state index is 11.3. The molecule has 5 nitrogen and oxygen atoms in total. The Hall–Kier alpha value is -1.78. The van der Waals surface area contributed by atoms with E-state index in [1.807, 2.05) is 0 Å². The summed E-state index contributed by atoms with van der Waals surface area (Å²) in [6.45, 7) is 0. The number of amides is 1. The first-order valence-corrected chi connectivity index (χ1v) is 4.03. The maximum atomic E-state index is 11.3. The van der Waals surface area contributed by atoms with Crippen LogP contribution in [0.1, 0.15) is 10.4 Å². The third kappa shape index (κ3) is 1.93. The number of methoxy groups -OCH3 is 2. The Morgan fingerprint density at radius 3 is 2.64 bits per heavy atom. The normalized spacial score (nSPS) is 9.36. The molecule has 0 aliphatic carbocycles. The number of aromatic nitrogens is 1. The van der Waals surface area contributed by atoms with Crippen LogP contribution in [0.5, 0.6) is 11.6 Å². The van der Waals surface area contributed by atoms with E-state index in [1.165, 1.54) is 20.4 Å². The van der Waals surface area contributed by atoms with Gasteiger partial charge in [-0.05, 0) is 0 Å². The highest BCUT2D eigenvalue weighted by Crippen LogP contribution is 2.21. The molecule has 0 bridgehead atoms. The van der Waals surface area contributed by atoms with Crippen molar-refractivity contribution in [3.05, 3.63) is 17.8 Å². The van der Waals surface area contributed by atoms with Gasteiger partial charge in [-0.3, -0.25) is 4.79 Å². The second-order valence-electron chi connectivity index (χ2n) is 2.51. The molecule has 0 aliphatic rings. The van der Waals surface area contributed by atoms with Crippen molar-refractivity contribution < 1.29 is 14.3 Å². The molecule has 0 spiro atoms. The smallest absolute Gasteiger partial charge is 0.256 e. The first-order chi connectivity index (χ1) is 6.72. The van der Waals surface area contributed by atoms with Gasteiger partial charge in [0, 0.05) is 19.3 Å². The SMILES string of the molecule is CNC(=O)c1cnc(OC)cc1OC. The Labute approximate surface area is 82.0 Å². The minimum absolute atomic E-state index is 0.239. The summed E-state index contributed by atoms with van der Waals surface area (Å²) in [4.78, 5) is 15.2. The molecule has 14 heavy (non-hydrogen) atoms. The van der Waals surface area contributed by atoms with Crippen molar-refractivity contribution >= 4 is 5.91 Å². The number of ether oxygens (including phenoxy) is 2. The standard InChI is InChI=1S/C9H12N2O3/c1-10-9(12)6-5-11-8(14-3)4-7(6)13-2/h4-5H,1-3H3,(H,10,12). The molecule has 1 amide bonds. The van der Waals surface area contributed by atoms with E-state index in [-0.39, 0.29) is 5.91 Å². The average molecular weight is 196 g/mol. The Morgan fingerprint density at radius 1 is 1.43 bits per heavy atom. The van der Waals surface area contributed by atoms with Gasteiger partial charge < -0.3 is 14.8 Å². The van der Waals surface area contributed by atoms with Crippen LogP contribution >= 0.6 is 0 Å². The number of hydrogen-bond acceptors (Lipinski definition) is 4. The van der Waals surface area contributed by atoms with Crippen LogP contribution in [0.2, 0.25) is 0 Å². The van der Waals surface area contributed by atoms with Gasteiger partial charge in [0.25, 0.3) is 5.91 Å². The van der Waals surface area contributed by atoms with Crippen LogP contribution in [0.4, 0.5) is 0 Å². The fourth-order valence-corrected chi connectivity index (χ4v) is 1.00. The monoisotopic (exact) mass is 196 g/mol. The Kier molecular flexibility index (Phi) is 3.28. The van der Waals surface area contributed by atoms with Crippen LogP contribution in [0.3, 0.4) is 0 Å². The molecular formula is C9H12N2O3. The number of pyridine rings is 1. The molecule has 0 aromatic carbocycles. The number of nitrogens with zero attached hydrogens (tertiary/aromatic N) is 1. The van der Waals surface area contributed by atoms with Crippen molar-refractivity contribution in [2.24, 2.45) is 0 Å². The summed E-state index contributed by atoms with van der Waals surface area (Å²) in [6, 6.07) is 1.56. The van der Waals surface area contributed by atoms with Gasteiger partial charge in [-0.1, -0.05) is 0 Å². The molecular weight excluding hydrogens is 184 g/mol. The maximum Gasteiger partial charge on any atom is 0.256 e. The third-order valence-electron chi connectivity index (χ3n) is 1.74. The van der Waals surface area contributed by atoms with Gasteiger partial charge >= 0.3 is 0 Å². The van der Waals surface area contributed by atoms with Crippen molar-refractivity contribution in [1.29, 1.82) is 0 Å². The van der Waals surface area contributed by atoms with E-state index >= 15 is 0 Å². The van der Waals surface area contributed by atoms with E-state index in [0.29, 0.717) is 17.2 Å². The van der Waals surface area contributed by atoms with E-state index in [2.05, 4.69) is 10.3 Å². The number of carbonyl (C=O) groups is 1. The number of nitrogens with one attached hydrogen (secondary N) is 1. The predicted octanol–water partition coefficient (Wildman–Crippen LogP) is 0.458. The van der Waals surface area contributed by atoms with Gasteiger partial charge in [-0.25, -0.2) is 4.98 Å². The molecule has 0 radical (unpaired) electrons. The molecule has 1 aromatic rings. The lowest BCUT2D eigenvalue weighted by Crippen LogP contribution is -2.18. The Balaban J connectivity index is 3.11. The van der Waals surface area contributed by atoms with Crippen LogP contribution in [-0.2, 0) is 0 Å². The van der Waals surface area contributed by atoms with Gasteiger partial charge in [-0.2, -0.15) is 0 Å². The van der Waals surface area contributed by atoms with Crippen LogP contribution in [0.25, 0.3) is 0 Å². The molecule has 0 saturated carbocycles. The summed E-state index contributed by atoms with van der Waals surface area (Å²) in [7, 11) is 4.54. The molecule has 0 atom stereocenters. The second-order valence-corrected chi connectivity index (χ2v) is 2.51. The van der Waals surface area contributed by atoms with Crippen molar-refractivity contribution in [2.75, 3.05) is 21.3 Å². The van der Waals surface area contributed by atoms with Gasteiger partial charge in [0.2, 0.25) is 5.88 Å². The first kappa shape index (κ1) is 10.3. The molecule has 5 heteroatoms. The molecule has 1 N–H and O–H groups in total. The van der Waals surface area contributed by atoms with Crippen LogP contribution in [-0.4, -0.2) is 32.2 Å². The van der Waals surface area contributed by atoms with Crippen molar-refractivity contribution in [1.82, 2.24) is 10.3 Å².